The van der Waals surface area contributed by atoms with Crippen molar-refractivity contribution in [2.24, 2.45) is 16.7 Å². The molecule has 0 aromatic carbocycles. The van der Waals surface area contributed by atoms with Crippen LogP contribution in [0.3, 0.4) is 0 Å². The Hall–Kier alpha value is -0.330. The molecule has 0 aliphatic heterocycles. The molecule has 1 saturated carbocycles. The zero-order chi connectivity index (χ0) is 11.0. The first-order chi connectivity index (χ1) is 6.27. The van der Waals surface area contributed by atoms with E-state index in [4.69, 9.17) is 0 Å². The van der Waals surface area contributed by atoms with Gasteiger partial charge in [0.2, 0.25) is 0 Å². The van der Waals surface area contributed by atoms with Gasteiger partial charge >= 0.3 is 0 Å². The molecule has 1 fully saturated rings. The van der Waals surface area contributed by atoms with E-state index < -0.39 is 0 Å². The maximum atomic E-state index is 12.3. The van der Waals surface area contributed by atoms with Crippen molar-refractivity contribution in [2.75, 3.05) is 0 Å². The Morgan fingerprint density at radius 3 is 1.79 bits per heavy atom. The Morgan fingerprint density at radius 1 is 1.00 bits per heavy atom. The number of carbonyl (C=O) groups is 1. The molecule has 1 rings (SSSR count). The molecule has 1 nitrogen and oxygen atoms in total. The lowest BCUT2D eigenvalue weighted by Crippen LogP contribution is -2.40. The topological polar surface area (TPSA) is 17.1 Å². The highest BCUT2D eigenvalue weighted by Crippen LogP contribution is 2.43. The molecule has 14 heavy (non-hydrogen) atoms. The third-order valence-corrected chi connectivity index (χ3v) is 4.22. The van der Waals surface area contributed by atoms with E-state index in [0.29, 0.717) is 11.7 Å². The Balaban J connectivity index is 2.76. The lowest BCUT2D eigenvalue weighted by Gasteiger charge is -2.39. The van der Waals surface area contributed by atoms with Crippen molar-refractivity contribution in [3.05, 3.63) is 0 Å². The van der Waals surface area contributed by atoms with Crippen molar-refractivity contribution in [3.8, 4) is 0 Å². The molecule has 1 aliphatic rings. The van der Waals surface area contributed by atoms with Crippen molar-refractivity contribution in [1.29, 1.82) is 0 Å². The van der Waals surface area contributed by atoms with Crippen LogP contribution in [0.15, 0.2) is 0 Å². The smallest absolute Gasteiger partial charge is 0.142 e. The molecule has 1 aliphatic carbocycles. The summed E-state index contributed by atoms with van der Waals surface area (Å²) in [5.74, 6) is 0.840. The van der Waals surface area contributed by atoms with E-state index in [1.807, 2.05) is 0 Å². The number of Topliss-reactive ketones (excluding diaryl/α,β-unsaturated/α-hetero) is 1. The standard InChI is InChI=1S/C13H24O/c1-12(2,3)13(4,5)11(14)10-8-6-7-9-10/h10H,6-9H2,1-5H3. The summed E-state index contributed by atoms with van der Waals surface area (Å²) >= 11 is 0. The summed E-state index contributed by atoms with van der Waals surface area (Å²) in [6.07, 6.45) is 4.74. The van der Waals surface area contributed by atoms with Gasteiger partial charge in [-0.15, -0.1) is 0 Å². The molecule has 0 aromatic rings. The van der Waals surface area contributed by atoms with E-state index in [9.17, 15) is 4.79 Å². The predicted octanol–water partition coefficient (Wildman–Crippen LogP) is 3.82. The average Bonchev–Trinajstić information content (AvgIpc) is 2.52. The zero-order valence-electron chi connectivity index (χ0n) is 10.3. The van der Waals surface area contributed by atoms with Gasteiger partial charge in [-0.1, -0.05) is 47.5 Å². The molecule has 82 valence electrons. The number of hydrogen-bond donors (Lipinski definition) is 0. The van der Waals surface area contributed by atoms with Crippen LogP contribution in [0.1, 0.15) is 60.3 Å². The molecule has 1 heteroatoms. The highest BCUT2D eigenvalue weighted by Gasteiger charge is 2.42. The Morgan fingerprint density at radius 2 is 1.43 bits per heavy atom. The maximum Gasteiger partial charge on any atom is 0.142 e. The van der Waals surface area contributed by atoms with Crippen LogP contribution in [-0.2, 0) is 4.79 Å². The highest BCUT2D eigenvalue weighted by molar-refractivity contribution is 5.87. The van der Waals surface area contributed by atoms with Gasteiger partial charge in [0, 0.05) is 11.3 Å². The molecule has 0 aromatic heterocycles. The van der Waals surface area contributed by atoms with Crippen LogP contribution in [0.5, 0.6) is 0 Å². The number of hydrogen-bond acceptors (Lipinski definition) is 1. The van der Waals surface area contributed by atoms with Crippen LogP contribution >= 0.6 is 0 Å². The summed E-state index contributed by atoms with van der Waals surface area (Å²) in [7, 11) is 0. The fourth-order valence-corrected chi connectivity index (χ4v) is 2.07. The zero-order valence-corrected chi connectivity index (χ0v) is 10.3. The van der Waals surface area contributed by atoms with E-state index in [1.54, 1.807) is 0 Å². The van der Waals surface area contributed by atoms with E-state index in [2.05, 4.69) is 34.6 Å². The van der Waals surface area contributed by atoms with Gasteiger partial charge in [-0.05, 0) is 18.3 Å². The van der Waals surface area contributed by atoms with Crippen LogP contribution in [0.2, 0.25) is 0 Å². The summed E-state index contributed by atoms with van der Waals surface area (Å²) in [4.78, 5) is 12.3. The molecule has 0 N–H and O–H groups in total. The molecule has 0 atom stereocenters. The second-order valence-electron chi connectivity index (χ2n) is 6.22. The van der Waals surface area contributed by atoms with E-state index >= 15 is 0 Å². The SMILES string of the molecule is CC(C)(C)C(C)(C)C(=O)C1CCCC1. The third kappa shape index (κ3) is 2.02. The number of ketones is 1. The fourth-order valence-electron chi connectivity index (χ4n) is 2.07. The van der Waals surface area contributed by atoms with Crippen LogP contribution in [0.25, 0.3) is 0 Å². The van der Waals surface area contributed by atoms with Crippen molar-refractivity contribution < 1.29 is 4.79 Å². The second-order valence-corrected chi connectivity index (χ2v) is 6.22. The average molecular weight is 196 g/mol. The normalized spacial score (nSPS) is 20.1. The molecule has 0 heterocycles. The first-order valence-electron chi connectivity index (χ1n) is 5.81. The number of carbonyl (C=O) groups excluding carboxylic acids is 1. The lowest BCUT2D eigenvalue weighted by atomic mass is 9.64. The molecule has 0 unspecified atom stereocenters. The maximum absolute atomic E-state index is 12.3. The van der Waals surface area contributed by atoms with Gasteiger partial charge < -0.3 is 0 Å². The van der Waals surface area contributed by atoms with Crippen molar-refractivity contribution in [3.63, 3.8) is 0 Å². The minimum atomic E-state index is -0.179. The fraction of sp³-hybridized carbons (Fsp3) is 0.923. The minimum Gasteiger partial charge on any atom is -0.299 e. The molecule has 0 saturated heterocycles. The van der Waals surface area contributed by atoms with Gasteiger partial charge in [0.15, 0.2) is 0 Å². The van der Waals surface area contributed by atoms with Crippen molar-refractivity contribution in [1.82, 2.24) is 0 Å². The summed E-state index contributed by atoms with van der Waals surface area (Å²) in [6.45, 7) is 10.7. The molecular weight excluding hydrogens is 172 g/mol. The monoisotopic (exact) mass is 196 g/mol. The Bertz CT molecular complexity index is 214. The predicted molar refractivity (Wildman–Crippen MR) is 60.2 cm³/mol. The third-order valence-electron chi connectivity index (χ3n) is 4.22. The van der Waals surface area contributed by atoms with Gasteiger partial charge in [0.25, 0.3) is 0 Å². The van der Waals surface area contributed by atoms with Crippen LogP contribution < -0.4 is 0 Å². The van der Waals surface area contributed by atoms with Crippen molar-refractivity contribution in [2.45, 2.75) is 60.3 Å². The first-order valence-corrected chi connectivity index (χ1v) is 5.81. The summed E-state index contributed by atoms with van der Waals surface area (Å²) < 4.78 is 0. The van der Waals surface area contributed by atoms with Crippen LogP contribution in [-0.4, -0.2) is 5.78 Å². The quantitative estimate of drug-likeness (QED) is 0.656. The first kappa shape index (κ1) is 11.7. The van der Waals surface area contributed by atoms with Crippen LogP contribution in [0.4, 0.5) is 0 Å². The molecule has 0 radical (unpaired) electrons. The van der Waals surface area contributed by atoms with Gasteiger partial charge in [0.1, 0.15) is 5.78 Å². The molecule has 0 bridgehead atoms. The van der Waals surface area contributed by atoms with Crippen molar-refractivity contribution >= 4 is 5.78 Å². The second kappa shape index (κ2) is 3.67. The van der Waals surface area contributed by atoms with E-state index in [-0.39, 0.29) is 10.8 Å². The number of rotatable bonds is 2. The van der Waals surface area contributed by atoms with E-state index in [0.717, 1.165) is 12.8 Å². The molecular formula is C13H24O. The summed E-state index contributed by atoms with van der Waals surface area (Å²) in [5.41, 5.74) is -0.103. The summed E-state index contributed by atoms with van der Waals surface area (Å²) in [5, 5.41) is 0. The summed E-state index contributed by atoms with van der Waals surface area (Å²) in [6, 6.07) is 0. The molecule has 0 spiro atoms. The Labute approximate surface area is 88.3 Å². The van der Waals surface area contributed by atoms with Gasteiger partial charge in [-0.3, -0.25) is 4.79 Å². The van der Waals surface area contributed by atoms with Gasteiger partial charge in [-0.25, -0.2) is 0 Å². The van der Waals surface area contributed by atoms with Gasteiger partial charge in [-0.2, -0.15) is 0 Å². The highest BCUT2D eigenvalue weighted by atomic mass is 16.1. The minimum absolute atomic E-state index is 0.0761. The Kier molecular flexibility index (Phi) is 3.08. The van der Waals surface area contributed by atoms with Crippen LogP contribution in [0, 0.1) is 16.7 Å². The lowest BCUT2D eigenvalue weighted by molar-refractivity contribution is -0.136. The molecule has 0 amide bonds. The van der Waals surface area contributed by atoms with E-state index in [1.165, 1.54) is 12.8 Å². The van der Waals surface area contributed by atoms with Gasteiger partial charge in [0.05, 0.1) is 0 Å². The largest absolute Gasteiger partial charge is 0.299 e.